The van der Waals surface area contributed by atoms with Gasteiger partial charge in [-0.1, -0.05) is 41.9 Å². The summed E-state index contributed by atoms with van der Waals surface area (Å²) >= 11 is 6.02. The number of ether oxygens (including phenoxy) is 1. The summed E-state index contributed by atoms with van der Waals surface area (Å²) in [6.07, 6.45) is 0. The van der Waals surface area contributed by atoms with Gasteiger partial charge < -0.3 is 15.2 Å². The summed E-state index contributed by atoms with van der Waals surface area (Å²) in [4.78, 5) is 12.7. The number of carbonyl (C=O) groups is 1. The summed E-state index contributed by atoms with van der Waals surface area (Å²) in [5.74, 6) is -0.365. The van der Waals surface area contributed by atoms with E-state index in [1.807, 2.05) is 6.92 Å². The normalized spacial score (nSPS) is 11.7. The van der Waals surface area contributed by atoms with Crippen molar-refractivity contribution in [1.29, 1.82) is 0 Å². The third-order valence-electron chi connectivity index (χ3n) is 5.43. The van der Waals surface area contributed by atoms with Crippen LogP contribution >= 0.6 is 11.6 Å². The topological polar surface area (TPSA) is 138 Å². The molecule has 0 spiro atoms. The molecule has 0 aliphatic carbocycles. The fourth-order valence-corrected chi connectivity index (χ4v) is 4.76. The zero-order chi connectivity index (χ0) is 26.7. The molecule has 0 heterocycles. The average Bonchev–Trinajstić information content (AvgIpc) is 2.84. The fraction of sp³-hybridized carbons (Fsp3) is 0.115. The van der Waals surface area contributed by atoms with E-state index in [9.17, 15) is 22.9 Å². The minimum Gasteiger partial charge on any atom is -0.505 e. The van der Waals surface area contributed by atoms with E-state index >= 15 is 0 Å². The zero-order valence-electron chi connectivity index (χ0n) is 19.8. The minimum absolute atomic E-state index is 0.0223. The number of phenolic OH excluding ortho intramolecular Hbond substituents is 1. The van der Waals surface area contributed by atoms with E-state index in [1.165, 1.54) is 12.1 Å². The van der Waals surface area contributed by atoms with E-state index in [2.05, 4.69) is 15.5 Å². The number of amides is 1. The monoisotopic (exact) mass is 539 g/mol. The Balaban J connectivity index is 1.76. The Morgan fingerprint density at radius 2 is 1.81 bits per heavy atom. The predicted octanol–water partition coefficient (Wildman–Crippen LogP) is 6.82. The number of benzene rings is 4. The molecule has 0 bridgehead atoms. The van der Waals surface area contributed by atoms with Gasteiger partial charge in [0.25, 0.3) is 16.0 Å². The first-order valence-electron chi connectivity index (χ1n) is 11.1. The van der Waals surface area contributed by atoms with Crippen LogP contribution in [0.2, 0.25) is 5.02 Å². The van der Waals surface area contributed by atoms with E-state index in [0.717, 1.165) is 0 Å². The smallest absolute Gasteiger partial charge is 0.296 e. The van der Waals surface area contributed by atoms with Crippen molar-refractivity contribution >= 4 is 55.5 Å². The molecular weight excluding hydrogens is 518 g/mol. The van der Waals surface area contributed by atoms with Crippen LogP contribution in [0.25, 0.3) is 10.8 Å². The second-order valence-corrected chi connectivity index (χ2v) is 9.80. The van der Waals surface area contributed by atoms with Gasteiger partial charge in [0.1, 0.15) is 16.3 Å². The number of halogens is 1. The van der Waals surface area contributed by atoms with Crippen molar-refractivity contribution in [2.24, 2.45) is 10.2 Å². The number of azo groups is 1. The Morgan fingerprint density at radius 3 is 2.54 bits per heavy atom. The molecule has 4 aromatic carbocycles. The molecule has 0 fully saturated rings. The molecule has 0 unspecified atom stereocenters. The number of aromatic hydroxyl groups is 1. The number of anilines is 1. The Labute approximate surface area is 218 Å². The van der Waals surface area contributed by atoms with Gasteiger partial charge in [0.2, 0.25) is 0 Å². The maximum Gasteiger partial charge on any atom is 0.296 e. The van der Waals surface area contributed by atoms with Crippen molar-refractivity contribution in [3.63, 3.8) is 0 Å². The summed E-state index contributed by atoms with van der Waals surface area (Å²) < 4.78 is 37.8. The molecule has 4 rings (SSSR count). The lowest BCUT2D eigenvalue weighted by molar-refractivity contribution is 0.102. The Kier molecular flexibility index (Phi) is 7.44. The molecule has 3 N–H and O–H groups in total. The van der Waals surface area contributed by atoms with Gasteiger partial charge in [0, 0.05) is 17.1 Å². The maximum absolute atomic E-state index is 13.1. The Morgan fingerprint density at radius 1 is 1.05 bits per heavy atom. The number of rotatable bonds is 7. The number of nitrogens with one attached hydrogen (secondary N) is 1. The predicted molar refractivity (Wildman–Crippen MR) is 141 cm³/mol. The summed E-state index contributed by atoms with van der Waals surface area (Å²) in [6.45, 7) is 3.89. The summed E-state index contributed by atoms with van der Waals surface area (Å²) in [6, 6.07) is 17.9. The first-order chi connectivity index (χ1) is 17.6. The highest BCUT2D eigenvalue weighted by Gasteiger charge is 2.20. The molecule has 0 saturated carbocycles. The van der Waals surface area contributed by atoms with E-state index in [0.29, 0.717) is 34.4 Å². The number of phenols is 1. The van der Waals surface area contributed by atoms with Gasteiger partial charge in [-0.05, 0) is 55.1 Å². The van der Waals surface area contributed by atoms with Gasteiger partial charge in [0.15, 0.2) is 5.75 Å². The van der Waals surface area contributed by atoms with Crippen LogP contribution in [-0.2, 0) is 10.1 Å². The SMILES string of the molecule is CCOc1cccc(NC(=O)c2cc3ccccc3c(N=Nc3cc(Cl)c(S(=O)(=O)O)cc3C)c2O)c1. The molecule has 0 aliphatic rings. The van der Waals surface area contributed by atoms with Gasteiger partial charge in [-0.15, -0.1) is 5.11 Å². The number of hydrogen-bond donors (Lipinski definition) is 3. The fourth-order valence-electron chi connectivity index (χ4n) is 3.67. The molecule has 0 aliphatic heterocycles. The van der Waals surface area contributed by atoms with Crippen LogP contribution in [-0.4, -0.2) is 30.6 Å². The number of nitrogens with zero attached hydrogens (tertiary/aromatic N) is 2. The van der Waals surface area contributed by atoms with Crippen molar-refractivity contribution in [3.8, 4) is 11.5 Å². The zero-order valence-corrected chi connectivity index (χ0v) is 21.3. The van der Waals surface area contributed by atoms with Gasteiger partial charge in [-0.3, -0.25) is 9.35 Å². The van der Waals surface area contributed by atoms with Crippen LogP contribution < -0.4 is 10.1 Å². The molecular formula is C26H22ClN3O6S. The third-order valence-corrected chi connectivity index (χ3v) is 6.75. The highest BCUT2D eigenvalue weighted by Crippen LogP contribution is 2.40. The van der Waals surface area contributed by atoms with Crippen molar-refractivity contribution in [3.05, 3.63) is 82.9 Å². The van der Waals surface area contributed by atoms with Gasteiger partial charge >= 0.3 is 0 Å². The third kappa shape index (κ3) is 5.72. The highest BCUT2D eigenvalue weighted by atomic mass is 35.5. The molecule has 1 amide bonds. The molecule has 37 heavy (non-hydrogen) atoms. The molecule has 0 radical (unpaired) electrons. The van der Waals surface area contributed by atoms with Crippen LogP contribution in [0.5, 0.6) is 11.5 Å². The van der Waals surface area contributed by atoms with E-state index in [1.54, 1.807) is 61.5 Å². The number of aryl methyl sites for hydroxylation is 1. The Hall–Kier alpha value is -3.99. The summed E-state index contributed by atoms with van der Waals surface area (Å²) in [7, 11) is -4.52. The first kappa shape index (κ1) is 26.1. The van der Waals surface area contributed by atoms with E-state index in [4.69, 9.17) is 16.3 Å². The first-order valence-corrected chi connectivity index (χ1v) is 12.9. The minimum atomic E-state index is -4.52. The highest BCUT2D eigenvalue weighted by molar-refractivity contribution is 7.86. The van der Waals surface area contributed by atoms with Crippen LogP contribution in [0.3, 0.4) is 0 Å². The van der Waals surface area contributed by atoms with Crippen LogP contribution in [0.15, 0.2) is 81.9 Å². The standard InChI is InChI=1S/C26H22ClN3O6S/c1-3-36-18-9-6-8-17(13-18)28-26(32)20-12-16-7-4-5-10-19(16)24(25(20)31)30-29-22-14-21(27)23(11-15(22)2)37(33,34)35/h4-14,31H,3H2,1-2H3,(H,28,32)(H,33,34,35). The largest absolute Gasteiger partial charge is 0.505 e. The lowest BCUT2D eigenvalue weighted by atomic mass is 10.0. The second-order valence-electron chi connectivity index (χ2n) is 8.00. The molecule has 9 nitrogen and oxygen atoms in total. The molecule has 4 aromatic rings. The van der Waals surface area contributed by atoms with Crippen molar-refractivity contribution < 1.29 is 27.6 Å². The van der Waals surface area contributed by atoms with Crippen LogP contribution in [0.4, 0.5) is 17.1 Å². The number of carbonyl (C=O) groups excluding carboxylic acids is 1. The molecule has 11 heteroatoms. The van der Waals surface area contributed by atoms with E-state index < -0.39 is 20.9 Å². The molecule has 0 aromatic heterocycles. The van der Waals surface area contributed by atoms with E-state index in [-0.39, 0.29) is 27.7 Å². The number of fused-ring (bicyclic) bond motifs is 1. The molecule has 0 atom stereocenters. The lowest BCUT2D eigenvalue weighted by Gasteiger charge is -2.12. The van der Waals surface area contributed by atoms with Gasteiger partial charge in [-0.25, -0.2) is 0 Å². The summed E-state index contributed by atoms with van der Waals surface area (Å²) in [5, 5.41) is 23.1. The van der Waals surface area contributed by atoms with Crippen molar-refractivity contribution in [2.75, 3.05) is 11.9 Å². The second kappa shape index (κ2) is 10.6. The lowest BCUT2D eigenvalue weighted by Crippen LogP contribution is -2.12. The van der Waals surface area contributed by atoms with Gasteiger partial charge in [0.05, 0.1) is 22.9 Å². The van der Waals surface area contributed by atoms with Crippen molar-refractivity contribution in [2.45, 2.75) is 18.7 Å². The molecule has 0 saturated heterocycles. The maximum atomic E-state index is 13.1. The Bertz CT molecular complexity index is 1650. The number of hydrogen-bond acceptors (Lipinski definition) is 7. The van der Waals surface area contributed by atoms with Crippen LogP contribution in [0, 0.1) is 6.92 Å². The quantitative estimate of drug-likeness (QED) is 0.174. The van der Waals surface area contributed by atoms with Gasteiger partial charge in [-0.2, -0.15) is 13.5 Å². The average molecular weight is 540 g/mol. The summed E-state index contributed by atoms with van der Waals surface area (Å²) in [5.41, 5.74) is 1.08. The molecule has 190 valence electrons. The van der Waals surface area contributed by atoms with Crippen LogP contribution in [0.1, 0.15) is 22.8 Å². The van der Waals surface area contributed by atoms with Crippen molar-refractivity contribution in [1.82, 2.24) is 0 Å².